The quantitative estimate of drug-likeness (QED) is 0.204. The Hall–Kier alpha value is -4.54. The lowest BCUT2D eigenvalue weighted by atomic mass is 9.96. The number of hydrogen-bond donors (Lipinski definition) is 0. The van der Waals surface area contributed by atoms with Crippen molar-refractivity contribution in [2.75, 3.05) is 7.11 Å². The van der Waals surface area contributed by atoms with Crippen LogP contribution in [0.3, 0.4) is 0 Å². The maximum atomic E-state index is 14.2. The Labute approximate surface area is 266 Å². The van der Waals surface area contributed by atoms with Crippen molar-refractivity contribution >= 4 is 39.3 Å². The molecule has 3 heterocycles. The summed E-state index contributed by atoms with van der Waals surface area (Å²) < 4.78 is 15.8. The van der Waals surface area contributed by atoms with Gasteiger partial charge in [-0.1, -0.05) is 69.7 Å². The van der Waals surface area contributed by atoms with Crippen LogP contribution in [0.1, 0.15) is 37.9 Å². The van der Waals surface area contributed by atoms with Crippen molar-refractivity contribution in [2.24, 2.45) is 4.99 Å². The number of benzene rings is 3. The van der Waals surface area contributed by atoms with Crippen LogP contribution in [0, 0.1) is 0 Å². The highest BCUT2D eigenvalue weighted by molar-refractivity contribution is 9.10. The van der Waals surface area contributed by atoms with Crippen LogP contribution in [-0.2, 0) is 9.53 Å². The zero-order valence-corrected chi connectivity index (χ0v) is 26.9. The maximum absolute atomic E-state index is 14.2. The molecule has 0 aliphatic carbocycles. The minimum absolute atomic E-state index is 0.258. The zero-order valence-electron chi connectivity index (χ0n) is 24.5. The SMILES string of the molecule is COc1ccc([C@H]2C(C(=O)OC(C)C)=C(C)N=c3s/c(=C/c4cn(-c5ccccc5)nc4-c4ccc(Br)cc4)c(=O)n32)cc1. The number of esters is 1. The van der Waals surface area contributed by atoms with Gasteiger partial charge in [-0.05, 0) is 68.8 Å². The second-order valence-electron chi connectivity index (χ2n) is 10.5. The van der Waals surface area contributed by atoms with E-state index in [9.17, 15) is 9.59 Å². The molecule has 0 spiro atoms. The largest absolute Gasteiger partial charge is 0.497 e. The molecule has 1 atom stereocenters. The second-order valence-corrected chi connectivity index (χ2v) is 12.5. The van der Waals surface area contributed by atoms with E-state index < -0.39 is 12.0 Å². The first-order valence-electron chi connectivity index (χ1n) is 14.0. The van der Waals surface area contributed by atoms with E-state index in [0.717, 1.165) is 32.5 Å². The molecule has 0 radical (unpaired) electrons. The number of nitrogens with zero attached hydrogens (tertiary/aromatic N) is 4. The number of carbonyl (C=O) groups excluding carboxylic acids is 1. The first kappa shape index (κ1) is 29.5. The standard InChI is InChI=1S/C34H29BrN4O4S/c1-20(2)43-33(41)29-21(3)36-34-39(31(29)23-12-16-27(42-4)17-13-23)32(40)28(44-34)18-24-19-38(26-8-6-5-7-9-26)37-30(24)22-10-14-25(35)15-11-22/h5-20,31H,1-4H3/b28-18+/t31-/m0/s1. The molecule has 1 aliphatic rings. The molecule has 5 aromatic rings. The number of thiazole rings is 1. The minimum Gasteiger partial charge on any atom is -0.497 e. The number of halogens is 1. The third kappa shape index (κ3) is 5.70. The lowest BCUT2D eigenvalue weighted by molar-refractivity contribution is -0.143. The number of fused-ring (bicyclic) bond motifs is 1. The molecule has 10 heteroatoms. The van der Waals surface area contributed by atoms with Crippen molar-refractivity contribution in [3.63, 3.8) is 0 Å². The molecule has 222 valence electrons. The van der Waals surface area contributed by atoms with E-state index >= 15 is 0 Å². The van der Waals surface area contributed by atoms with Crippen LogP contribution in [0.15, 0.2) is 111 Å². The number of hydrogen-bond acceptors (Lipinski definition) is 7. The van der Waals surface area contributed by atoms with Crippen LogP contribution >= 0.6 is 27.3 Å². The van der Waals surface area contributed by atoms with Gasteiger partial charge in [-0.25, -0.2) is 14.5 Å². The summed E-state index contributed by atoms with van der Waals surface area (Å²) in [5, 5.41) is 4.90. The highest BCUT2D eigenvalue weighted by Crippen LogP contribution is 2.32. The number of methoxy groups -OCH3 is 1. The average molecular weight is 670 g/mol. The van der Waals surface area contributed by atoms with E-state index in [-0.39, 0.29) is 11.7 Å². The maximum Gasteiger partial charge on any atom is 0.338 e. The first-order chi connectivity index (χ1) is 21.2. The molecule has 44 heavy (non-hydrogen) atoms. The molecule has 3 aromatic carbocycles. The normalized spacial score (nSPS) is 14.9. The Morgan fingerprint density at radius 1 is 1.02 bits per heavy atom. The summed E-state index contributed by atoms with van der Waals surface area (Å²) >= 11 is 4.79. The Balaban J connectivity index is 1.55. The van der Waals surface area contributed by atoms with Crippen molar-refractivity contribution in [2.45, 2.75) is 32.9 Å². The highest BCUT2D eigenvalue weighted by atomic mass is 79.9. The van der Waals surface area contributed by atoms with Crippen LogP contribution in [0.2, 0.25) is 0 Å². The Bertz CT molecular complexity index is 2060. The Morgan fingerprint density at radius 2 is 1.73 bits per heavy atom. The summed E-state index contributed by atoms with van der Waals surface area (Å²) in [6.07, 6.45) is 3.44. The van der Waals surface area contributed by atoms with Crippen LogP contribution in [-0.4, -0.2) is 33.5 Å². The molecule has 0 saturated heterocycles. The number of para-hydroxylation sites is 1. The van der Waals surface area contributed by atoms with Crippen LogP contribution < -0.4 is 19.6 Å². The third-order valence-corrected chi connectivity index (χ3v) is 8.70. The van der Waals surface area contributed by atoms with E-state index in [1.165, 1.54) is 11.3 Å². The third-order valence-electron chi connectivity index (χ3n) is 7.18. The van der Waals surface area contributed by atoms with Crippen molar-refractivity contribution in [3.8, 4) is 22.7 Å². The highest BCUT2D eigenvalue weighted by Gasteiger charge is 2.34. The average Bonchev–Trinajstić information content (AvgIpc) is 3.57. The molecular weight excluding hydrogens is 640 g/mol. The van der Waals surface area contributed by atoms with Gasteiger partial charge in [0, 0.05) is 21.8 Å². The monoisotopic (exact) mass is 668 g/mol. The fraction of sp³-hybridized carbons (Fsp3) is 0.176. The summed E-state index contributed by atoms with van der Waals surface area (Å²) in [6, 6.07) is 24.3. The van der Waals surface area contributed by atoms with Crippen LogP contribution in [0.4, 0.5) is 0 Å². The van der Waals surface area contributed by atoms with Gasteiger partial charge in [0.1, 0.15) is 5.75 Å². The number of aromatic nitrogens is 3. The number of ether oxygens (including phenoxy) is 2. The molecule has 0 N–H and O–H groups in total. The predicted molar refractivity (Wildman–Crippen MR) is 175 cm³/mol. The number of allylic oxidation sites excluding steroid dienone is 1. The lowest BCUT2D eigenvalue weighted by Gasteiger charge is -2.25. The van der Waals surface area contributed by atoms with E-state index in [1.807, 2.05) is 95.8 Å². The van der Waals surface area contributed by atoms with Gasteiger partial charge >= 0.3 is 5.97 Å². The molecule has 0 fully saturated rings. The molecule has 0 bridgehead atoms. The van der Waals surface area contributed by atoms with Gasteiger partial charge in [0.05, 0.1) is 46.4 Å². The van der Waals surface area contributed by atoms with E-state index in [4.69, 9.17) is 19.6 Å². The summed E-state index contributed by atoms with van der Waals surface area (Å²) in [7, 11) is 1.59. The molecule has 0 amide bonds. The van der Waals surface area contributed by atoms with Gasteiger partial charge in [-0.3, -0.25) is 9.36 Å². The molecular formula is C34H29BrN4O4S. The molecule has 2 aromatic heterocycles. The number of rotatable bonds is 7. The first-order valence-corrected chi connectivity index (χ1v) is 15.6. The minimum atomic E-state index is -0.719. The van der Waals surface area contributed by atoms with Crippen molar-refractivity contribution in [1.29, 1.82) is 0 Å². The zero-order chi connectivity index (χ0) is 31.0. The fourth-order valence-electron chi connectivity index (χ4n) is 5.14. The van der Waals surface area contributed by atoms with Crippen LogP contribution in [0.5, 0.6) is 5.75 Å². The van der Waals surface area contributed by atoms with Gasteiger partial charge in [-0.15, -0.1) is 0 Å². The number of carbonyl (C=O) groups is 1. The van der Waals surface area contributed by atoms with Gasteiger partial charge in [0.15, 0.2) is 4.80 Å². The second kappa shape index (κ2) is 12.2. The van der Waals surface area contributed by atoms with Crippen LogP contribution in [0.25, 0.3) is 23.0 Å². The summed E-state index contributed by atoms with van der Waals surface area (Å²) in [4.78, 5) is 32.9. The topological polar surface area (TPSA) is 87.7 Å². The van der Waals surface area contributed by atoms with E-state index in [1.54, 1.807) is 32.4 Å². The smallest absolute Gasteiger partial charge is 0.338 e. The molecule has 0 saturated carbocycles. The van der Waals surface area contributed by atoms with Gasteiger partial charge < -0.3 is 9.47 Å². The van der Waals surface area contributed by atoms with E-state index in [0.29, 0.717) is 26.4 Å². The van der Waals surface area contributed by atoms with E-state index in [2.05, 4.69) is 15.9 Å². The van der Waals surface area contributed by atoms with Crippen molar-refractivity contribution in [1.82, 2.24) is 14.3 Å². The summed E-state index contributed by atoms with van der Waals surface area (Å²) in [5.41, 5.74) is 4.64. The Morgan fingerprint density at radius 3 is 2.39 bits per heavy atom. The van der Waals surface area contributed by atoms with Crippen molar-refractivity contribution < 1.29 is 14.3 Å². The van der Waals surface area contributed by atoms with Gasteiger partial charge in [0.25, 0.3) is 5.56 Å². The molecule has 8 nitrogen and oxygen atoms in total. The lowest BCUT2D eigenvalue weighted by Crippen LogP contribution is -2.40. The summed E-state index contributed by atoms with van der Waals surface area (Å²) in [5.74, 6) is 0.169. The van der Waals surface area contributed by atoms with Gasteiger partial charge in [-0.2, -0.15) is 5.10 Å². The van der Waals surface area contributed by atoms with Crippen molar-refractivity contribution in [3.05, 3.63) is 132 Å². The molecule has 1 aliphatic heterocycles. The van der Waals surface area contributed by atoms with Gasteiger partial charge in [0.2, 0.25) is 0 Å². The molecule has 0 unspecified atom stereocenters. The predicted octanol–water partition coefficient (Wildman–Crippen LogP) is 5.81. The fourth-order valence-corrected chi connectivity index (χ4v) is 6.44. The molecule has 6 rings (SSSR count). The summed E-state index contributed by atoms with van der Waals surface area (Å²) in [6.45, 7) is 5.37. The Kier molecular flexibility index (Phi) is 8.20.